The van der Waals surface area contributed by atoms with Gasteiger partial charge in [0, 0.05) is 18.5 Å². The van der Waals surface area contributed by atoms with E-state index in [9.17, 15) is 4.79 Å². The normalized spacial score (nSPS) is 10.9. The van der Waals surface area contributed by atoms with Gasteiger partial charge in [-0.3, -0.25) is 4.79 Å². The number of imidazole rings is 1. The van der Waals surface area contributed by atoms with Gasteiger partial charge in [-0.25, -0.2) is 4.98 Å². The molecule has 0 bridgehead atoms. The number of nitrogens with zero attached hydrogens (tertiary/aromatic N) is 2. The Morgan fingerprint density at radius 1 is 0.943 bits per heavy atom. The number of methoxy groups -OCH3 is 1. The van der Waals surface area contributed by atoms with Crippen molar-refractivity contribution in [1.82, 2.24) is 14.9 Å². The Bertz CT molecular complexity index is 1270. The van der Waals surface area contributed by atoms with Gasteiger partial charge in [-0.05, 0) is 56.2 Å². The van der Waals surface area contributed by atoms with E-state index < -0.39 is 0 Å². The highest BCUT2D eigenvalue weighted by Crippen LogP contribution is 2.26. The van der Waals surface area contributed by atoms with Crippen LogP contribution in [-0.2, 0) is 13.0 Å². The van der Waals surface area contributed by atoms with Gasteiger partial charge in [0.25, 0.3) is 5.91 Å². The molecule has 0 aliphatic heterocycles. The highest BCUT2D eigenvalue weighted by Gasteiger charge is 2.11. The number of fused-ring (bicyclic) bond motifs is 1. The van der Waals surface area contributed by atoms with Crippen molar-refractivity contribution in [3.8, 4) is 11.5 Å². The lowest BCUT2D eigenvalue weighted by atomic mass is 10.1. The molecule has 4 rings (SSSR count). The van der Waals surface area contributed by atoms with Gasteiger partial charge in [0.1, 0.15) is 12.4 Å². The number of carbonyl (C=O) groups excluding carboxylic acids is 1. The molecule has 0 unspecified atom stereocenters. The number of benzene rings is 3. The van der Waals surface area contributed by atoms with Crippen molar-refractivity contribution in [1.29, 1.82) is 0 Å². The molecule has 1 heterocycles. The number of hydrogen-bond acceptors (Lipinski definition) is 4. The minimum absolute atomic E-state index is 0.00876. The molecular weight excluding hydrogens is 438 g/mol. The molecule has 6 heteroatoms. The van der Waals surface area contributed by atoms with E-state index in [1.54, 1.807) is 7.11 Å². The van der Waals surface area contributed by atoms with Crippen LogP contribution in [0.15, 0.2) is 72.8 Å². The zero-order chi connectivity index (χ0) is 24.5. The summed E-state index contributed by atoms with van der Waals surface area (Å²) in [5.41, 5.74) is 3.93. The number of unbranched alkanes of at least 4 members (excludes halogenated alkanes) is 2. The van der Waals surface area contributed by atoms with Crippen LogP contribution in [-0.4, -0.2) is 35.7 Å². The van der Waals surface area contributed by atoms with Gasteiger partial charge in [0.15, 0.2) is 11.5 Å². The smallest absolute Gasteiger partial charge is 0.251 e. The summed E-state index contributed by atoms with van der Waals surface area (Å²) in [7, 11) is 1.65. The van der Waals surface area contributed by atoms with Crippen LogP contribution in [0, 0.1) is 6.92 Å². The number of carbonyl (C=O) groups is 1. The number of amides is 1. The SMILES string of the molecule is COc1ccccc1OCCn1c(CCCCCNC(=O)c2cccc(C)c2)nc2ccccc21. The lowest BCUT2D eigenvalue weighted by Crippen LogP contribution is -2.24. The summed E-state index contributed by atoms with van der Waals surface area (Å²) in [6.07, 6.45) is 3.86. The summed E-state index contributed by atoms with van der Waals surface area (Å²) in [6.45, 7) is 3.91. The lowest BCUT2D eigenvalue weighted by molar-refractivity contribution is 0.0953. The number of nitrogens with one attached hydrogen (secondary N) is 1. The second-order valence-corrected chi connectivity index (χ2v) is 8.60. The van der Waals surface area contributed by atoms with Crippen LogP contribution < -0.4 is 14.8 Å². The van der Waals surface area contributed by atoms with E-state index in [2.05, 4.69) is 22.0 Å². The van der Waals surface area contributed by atoms with E-state index in [0.717, 1.165) is 59.6 Å². The van der Waals surface area contributed by atoms with Crippen LogP contribution in [0.4, 0.5) is 0 Å². The van der Waals surface area contributed by atoms with Crippen molar-refractivity contribution in [2.45, 2.75) is 39.2 Å². The molecule has 0 aliphatic carbocycles. The molecule has 0 spiro atoms. The monoisotopic (exact) mass is 471 g/mol. The van der Waals surface area contributed by atoms with Crippen molar-refractivity contribution >= 4 is 16.9 Å². The van der Waals surface area contributed by atoms with Crippen LogP contribution in [0.1, 0.15) is 41.0 Å². The van der Waals surface area contributed by atoms with E-state index in [1.165, 1.54) is 0 Å². The molecule has 4 aromatic rings. The molecule has 0 saturated carbocycles. The first kappa shape index (κ1) is 24.3. The molecule has 6 nitrogen and oxygen atoms in total. The molecule has 0 atom stereocenters. The van der Waals surface area contributed by atoms with Crippen LogP contribution in [0.2, 0.25) is 0 Å². The standard InChI is InChI=1S/C29H33N3O3/c1-22-11-10-12-23(21-22)29(33)30-18-9-3-4-17-28-31-24-13-5-6-14-25(24)32(28)19-20-35-27-16-8-7-15-26(27)34-2/h5-8,10-16,21H,3-4,9,17-20H2,1-2H3,(H,30,33). The van der Waals surface area contributed by atoms with E-state index >= 15 is 0 Å². The Morgan fingerprint density at radius 2 is 1.74 bits per heavy atom. The predicted molar refractivity (Wildman–Crippen MR) is 139 cm³/mol. The highest BCUT2D eigenvalue weighted by molar-refractivity contribution is 5.94. The van der Waals surface area contributed by atoms with Gasteiger partial charge in [0.2, 0.25) is 0 Å². The molecule has 0 aliphatic rings. The maximum atomic E-state index is 12.3. The number of para-hydroxylation sites is 4. The third-order valence-electron chi connectivity index (χ3n) is 6.02. The molecule has 1 amide bonds. The van der Waals surface area contributed by atoms with E-state index in [4.69, 9.17) is 14.5 Å². The van der Waals surface area contributed by atoms with E-state index in [-0.39, 0.29) is 5.91 Å². The fraction of sp³-hybridized carbons (Fsp3) is 0.310. The lowest BCUT2D eigenvalue weighted by Gasteiger charge is -2.13. The number of rotatable bonds is 12. The largest absolute Gasteiger partial charge is 0.493 e. The highest BCUT2D eigenvalue weighted by atomic mass is 16.5. The van der Waals surface area contributed by atoms with Crippen molar-refractivity contribution in [2.24, 2.45) is 0 Å². The molecule has 1 N–H and O–H groups in total. The Labute approximate surface area is 206 Å². The summed E-state index contributed by atoms with van der Waals surface area (Å²) in [6, 6.07) is 23.6. The summed E-state index contributed by atoms with van der Waals surface area (Å²) in [5.74, 6) is 2.54. The molecule has 0 fully saturated rings. The third-order valence-corrected chi connectivity index (χ3v) is 6.02. The van der Waals surface area contributed by atoms with E-state index in [1.807, 2.05) is 67.6 Å². The summed E-state index contributed by atoms with van der Waals surface area (Å²) < 4.78 is 13.7. The van der Waals surface area contributed by atoms with Crippen LogP contribution in [0.5, 0.6) is 11.5 Å². The van der Waals surface area contributed by atoms with Gasteiger partial charge in [-0.1, -0.05) is 48.4 Å². The number of hydrogen-bond donors (Lipinski definition) is 1. The first-order chi connectivity index (χ1) is 17.2. The van der Waals surface area contributed by atoms with Crippen molar-refractivity contribution in [3.63, 3.8) is 0 Å². The van der Waals surface area contributed by atoms with Crippen LogP contribution in [0.3, 0.4) is 0 Å². The molecule has 0 saturated heterocycles. The summed E-state index contributed by atoms with van der Waals surface area (Å²) in [4.78, 5) is 17.2. The fourth-order valence-electron chi connectivity index (χ4n) is 4.23. The minimum atomic E-state index is -0.00876. The van der Waals surface area contributed by atoms with Gasteiger partial charge in [0.05, 0.1) is 24.7 Å². The number of ether oxygens (including phenoxy) is 2. The van der Waals surface area contributed by atoms with E-state index in [0.29, 0.717) is 25.3 Å². The zero-order valence-corrected chi connectivity index (χ0v) is 20.5. The number of aromatic nitrogens is 2. The predicted octanol–water partition coefficient (Wildman–Crippen LogP) is 5.58. The summed E-state index contributed by atoms with van der Waals surface area (Å²) in [5, 5.41) is 3.02. The first-order valence-electron chi connectivity index (χ1n) is 12.2. The van der Waals surface area contributed by atoms with Gasteiger partial charge in [-0.2, -0.15) is 0 Å². The second-order valence-electron chi connectivity index (χ2n) is 8.60. The van der Waals surface area contributed by atoms with Crippen molar-refractivity contribution < 1.29 is 14.3 Å². The Kier molecular flexibility index (Phi) is 8.39. The number of aryl methyl sites for hydroxylation is 2. The Balaban J connectivity index is 1.28. The van der Waals surface area contributed by atoms with Gasteiger partial charge in [-0.15, -0.1) is 0 Å². The van der Waals surface area contributed by atoms with Gasteiger partial charge < -0.3 is 19.4 Å². The summed E-state index contributed by atoms with van der Waals surface area (Å²) >= 11 is 0. The molecule has 0 radical (unpaired) electrons. The Morgan fingerprint density at radius 3 is 2.57 bits per heavy atom. The maximum Gasteiger partial charge on any atom is 0.251 e. The second kappa shape index (κ2) is 12.1. The van der Waals surface area contributed by atoms with Crippen molar-refractivity contribution in [3.05, 3.63) is 89.7 Å². The zero-order valence-electron chi connectivity index (χ0n) is 20.5. The minimum Gasteiger partial charge on any atom is -0.493 e. The van der Waals surface area contributed by atoms with Crippen LogP contribution in [0.25, 0.3) is 11.0 Å². The van der Waals surface area contributed by atoms with Crippen LogP contribution >= 0.6 is 0 Å². The van der Waals surface area contributed by atoms with Gasteiger partial charge >= 0.3 is 0 Å². The third kappa shape index (κ3) is 6.41. The van der Waals surface area contributed by atoms with Crippen molar-refractivity contribution in [2.75, 3.05) is 20.3 Å². The molecular formula is C29H33N3O3. The topological polar surface area (TPSA) is 65.4 Å². The molecule has 3 aromatic carbocycles. The fourth-order valence-corrected chi connectivity index (χ4v) is 4.23. The average molecular weight is 472 g/mol. The quantitative estimate of drug-likeness (QED) is 0.274. The maximum absolute atomic E-state index is 12.3. The average Bonchev–Trinajstić information content (AvgIpc) is 3.23. The molecule has 35 heavy (non-hydrogen) atoms. The molecule has 1 aromatic heterocycles. The Hall–Kier alpha value is -3.80. The first-order valence-corrected chi connectivity index (χ1v) is 12.2. The molecule has 182 valence electrons.